The molecule has 0 spiro atoms. The number of sulfone groups is 1. The molecule has 112 valence electrons. The summed E-state index contributed by atoms with van der Waals surface area (Å²) in [6.07, 6.45) is -0.512. The molecule has 19 heavy (non-hydrogen) atoms. The number of alkyl halides is 2. The van der Waals surface area contributed by atoms with Crippen LogP contribution in [-0.4, -0.2) is 38.9 Å². The van der Waals surface area contributed by atoms with E-state index in [-0.39, 0.29) is 6.42 Å². The third-order valence-corrected chi connectivity index (χ3v) is 4.98. The van der Waals surface area contributed by atoms with Crippen LogP contribution in [0.4, 0.5) is 8.78 Å². The molecule has 0 aromatic rings. The van der Waals surface area contributed by atoms with E-state index in [2.05, 4.69) is 4.74 Å². The summed E-state index contributed by atoms with van der Waals surface area (Å²) < 4.78 is 55.9. The Morgan fingerprint density at radius 1 is 1.32 bits per heavy atom. The molecular weight excluding hydrogens is 278 g/mol. The SMILES string of the molecule is COC(=O)C1(CC(C)(C)C)CCS(=O)(=O)CC1(F)F. The van der Waals surface area contributed by atoms with Crippen LogP contribution in [0.5, 0.6) is 0 Å². The number of methoxy groups -OCH3 is 1. The van der Waals surface area contributed by atoms with E-state index in [0.717, 1.165) is 7.11 Å². The summed E-state index contributed by atoms with van der Waals surface area (Å²) >= 11 is 0. The zero-order chi connectivity index (χ0) is 15.1. The molecule has 0 aromatic heterocycles. The van der Waals surface area contributed by atoms with E-state index in [1.165, 1.54) is 0 Å². The Balaban J connectivity index is 3.29. The third-order valence-electron chi connectivity index (χ3n) is 3.35. The molecule has 0 amide bonds. The molecule has 0 aromatic carbocycles. The van der Waals surface area contributed by atoms with Gasteiger partial charge in [-0.3, -0.25) is 4.79 Å². The van der Waals surface area contributed by atoms with Gasteiger partial charge in [0.2, 0.25) is 0 Å². The molecule has 1 rings (SSSR count). The number of halogens is 2. The number of ether oxygens (including phenoxy) is 1. The van der Waals surface area contributed by atoms with E-state index >= 15 is 0 Å². The molecule has 1 unspecified atom stereocenters. The highest BCUT2D eigenvalue weighted by atomic mass is 32.2. The van der Waals surface area contributed by atoms with Crippen molar-refractivity contribution in [2.45, 2.75) is 39.5 Å². The summed E-state index contributed by atoms with van der Waals surface area (Å²) in [4.78, 5) is 11.9. The summed E-state index contributed by atoms with van der Waals surface area (Å²) in [5.41, 5.74) is -2.59. The molecule has 1 saturated heterocycles. The van der Waals surface area contributed by atoms with Gasteiger partial charge in [0.1, 0.15) is 11.2 Å². The van der Waals surface area contributed by atoms with Crippen molar-refractivity contribution >= 4 is 15.8 Å². The molecule has 1 aliphatic heterocycles. The molecule has 1 atom stereocenters. The molecule has 1 heterocycles. The summed E-state index contributed by atoms with van der Waals surface area (Å²) in [6, 6.07) is 0. The van der Waals surface area contributed by atoms with Gasteiger partial charge < -0.3 is 4.74 Å². The quantitative estimate of drug-likeness (QED) is 0.732. The minimum absolute atomic E-state index is 0.116. The van der Waals surface area contributed by atoms with Crippen LogP contribution in [0.2, 0.25) is 0 Å². The van der Waals surface area contributed by atoms with Crippen molar-refractivity contribution in [2.24, 2.45) is 10.8 Å². The maximum Gasteiger partial charge on any atom is 0.318 e. The minimum Gasteiger partial charge on any atom is -0.468 e. The lowest BCUT2D eigenvalue weighted by molar-refractivity contribution is -0.185. The van der Waals surface area contributed by atoms with Crippen LogP contribution in [0.3, 0.4) is 0 Å². The maximum atomic E-state index is 14.3. The molecule has 1 fully saturated rings. The van der Waals surface area contributed by atoms with E-state index < -0.39 is 50.5 Å². The van der Waals surface area contributed by atoms with Gasteiger partial charge in [0.05, 0.1) is 12.9 Å². The summed E-state index contributed by atoms with van der Waals surface area (Å²) in [7, 11) is -2.77. The second kappa shape index (κ2) is 4.68. The fraction of sp³-hybridized carbons (Fsp3) is 0.917. The summed E-state index contributed by atoms with van der Waals surface area (Å²) in [5, 5.41) is 0. The van der Waals surface area contributed by atoms with Gasteiger partial charge in [0.15, 0.2) is 9.84 Å². The fourth-order valence-corrected chi connectivity index (χ4v) is 4.27. The molecule has 7 heteroatoms. The van der Waals surface area contributed by atoms with E-state index in [4.69, 9.17) is 0 Å². The zero-order valence-electron chi connectivity index (χ0n) is 11.6. The van der Waals surface area contributed by atoms with E-state index in [9.17, 15) is 22.0 Å². The van der Waals surface area contributed by atoms with Gasteiger partial charge in [-0.2, -0.15) is 0 Å². The number of rotatable bonds is 2. The second-order valence-corrected chi connectivity index (χ2v) is 8.54. The van der Waals surface area contributed by atoms with Crippen LogP contribution in [0.15, 0.2) is 0 Å². The van der Waals surface area contributed by atoms with E-state index in [0.29, 0.717) is 0 Å². The standard InChI is InChI=1S/C12H20F2O4S/c1-10(2,3)7-11(9(15)18-4)5-6-19(16,17)8-12(11,13)14/h5-8H2,1-4H3. The highest BCUT2D eigenvalue weighted by Crippen LogP contribution is 2.51. The Labute approximate surface area is 112 Å². The molecule has 0 saturated carbocycles. The summed E-state index contributed by atoms with van der Waals surface area (Å²) in [5.74, 6) is -6.33. The maximum absolute atomic E-state index is 14.3. The molecule has 0 aliphatic carbocycles. The van der Waals surface area contributed by atoms with Crippen LogP contribution < -0.4 is 0 Å². The van der Waals surface area contributed by atoms with Gasteiger partial charge in [-0.1, -0.05) is 20.8 Å². The molecule has 0 N–H and O–H groups in total. The predicted octanol–water partition coefficient (Wildman–Crippen LogP) is 2.04. The molecule has 4 nitrogen and oxygen atoms in total. The Morgan fingerprint density at radius 2 is 1.84 bits per heavy atom. The van der Waals surface area contributed by atoms with Crippen molar-refractivity contribution in [3.8, 4) is 0 Å². The van der Waals surface area contributed by atoms with Gasteiger partial charge in [-0.15, -0.1) is 0 Å². The molecule has 0 bridgehead atoms. The largest absolute Gasteiger partial charge is 0.468 e. The lowest BCUT2D eigenvalue weighted by Crippen LogP contribution is -2.57. The smallest absolute Gasteiger partial charge is 0.318 e. The average Bonchev–Trinajstić information content (AvgIpc) is 2.18. The zero-order valence-corrected chi connectivity index (χ0v) is 12.4. The first kappa shape index (κ1) is 16.3. The van der Waals surface area contributed by atoms with Crippen molar-refractivity contribution in [1.29, 1.82) is 0 Å². The molecule has 1 aliphatic rings. The van der Waals surface area contributed by atoms with Gasteiger partial charge >= 0.3 is 5.97 Å². The first-order valence-electron chi connectivity index (χ1n) is 6.02. The van der Waals surface area contributed by atoms with Crippen LogP contribution in [0.25, 0.3) is 0 Å². The van der Waals surface area contributed by atoms with Gasteiger partial charge in [0.25, 0.3) is 5.92 Å². The average molecular weight is 298 g/mol. The van der Waals surface area contributed by atoms with E-state index in [1.54, 1.807) is 20.8 Å². The van der Waals surface area contributed by atoms with Crippen LogP contribution in [-0.2, 0) is 19.4 Å². The lowest BCUT2D eigenvalue weighted by Gasteiger charge is -2.44. The Kier molecular flexibility index (Phi) is 4.02. The second-order valence-electron chi connectivity index (χ2n) is 6.36. The monoisotopic (exact) mass is 298 g/mol. The number of carbonyl (C=O) groups excluding carboxylic acids is 1. The third kappa shape index (κ3) is 3.24. The molecule has 0 radical (unpaired) electrons. The van der Waals surface area contributed by atoms with Crippen molar-refractivity contribution in [2.75, 3.05) is 18.6 Å². The van der Waals surface area contributed by atoms with Crippen LogP contribution >= 0.6 is 0 Å². The number of hydrogen-bond acceptors (Lipinski definition) is 4. The fourth-order valence-electron chi connectivity index (χ4n) is 2.64. The Morgan fingerprint density at radius 3 is 2.21 bits per heavy atom. The van der Waals surface area contributed by atoms with Crippen molar-refractivity contribution in [1.82, 2.24) is 0 Å². The number of esters is 1. The lowest BCUT2D eigenvalue weighted by atomic mass is 9.68. The van der Waals surface area contributed by atoms with Crippen LogP contribution in [0.1, 0.15) is 33.6 Å². The van der Waals surface area contributed by atoms with Crippen molar-refractivity contribution in [3.63, 3.8) is 0 Å². The topological polar surface area (TPSA) is 60.4 Å². The van der Waals surface area contributed by atoms with Crippen molar-refractivity contribution < 1.29 is 26.7 Å². The van der Waals surface area contributed by atoms with Crippen LogP contribution in [0, 0.1) is 10.8 Å². The first-order valence-corrected chi connectivity index (χ1v) is 7.84. The predicted molar refractivity (Wildman–Crippen MR) is 66.7 cm³/mol. The first-order chi connectivity index (χ1) is 8.35. The Hall–Kier alpha value is -0.720. The van der Waals surface area contributed by atoms with Crippen molar-refractivity contribution in [3.05, 3.63) is 0 Å². The minimum atomic E-state index is -3.82. The normalized spacial score (nSPS) is 29.8. The molecular formula is C12H20F2O4S. The van der Waals surface area contributed by atoms with Gasteiger partial charge in [-0.05, 0) is 18.3 Å². The summed E-state index contributed by atoms with van der Waals surface area (Å²) in [6.45, 7) is 5.20. The van der Waals surface area contributed by atoms with E-state index in [1.807, 2.05) is 0 Å². The number of hydrogen-bond donors (Lipinski definition) is 0. The Bertz CT molecular complexity index is 465. The van der Waals surface area contributed by atoms with Gasteiger partial charge in [0, 0.05) is 0 Å². The van der Waals surface area contributed by atoms with Gasteiger partial charge in [-0.25, -0.2) is 17.2 Å². The highest BCUT2D eigenvalue weighted by molar-refractivity contribution is 7.91. The highest BCUT2D eigenvalue weighted by Gasteiger charge is 2.64. The number of carbonyl (C=O) groups is 1.